The summed E-state index contributed by atoms with van der Waals surface area (Å²) in [6.07, 6.45) is 5.31. The van der Waals surface area contributed by atoms with Crippen molar-refractivity contribution in [3.8, 4) is 28.3 Å². The van der Waals surface area contributed by atoms with Crippen LogP contribution in [-0.4, -0.2) is 44.1 Å². The molecule has 35 heavy (non-hydrogen) atoms. The van der Waals surface area contributed by atoms with E-state index in [4.69, 9.17) is 4.74 Å². The zero-order chi connectivity index (χ0) is 23.8. The van der Waals surface area contributed by atoms with Crippen LogP contribution in [0.15, 0.2) is 66.7 Å². The van der Waals surface area contributed by atoms with Gasteiger partial charge in [0.2, 0.25) is 5.82 Å². The van der Waals surface area contributed by atoms with Crippen molar-refractivity contribution in [2.75, 3.05) is 7.11 Å². The van der Waals surface area contributed by atoms with Crippen LogP contribution >= 0.6 is 0 Å². The van der Waals surface area contributed by atoms with Gasteiger partial charge in [-0.25, -0.2) is 0 Å². The number of carbonyl (C=O) groups is 1. The van der Waals surface area contributed by atoms with Crippen molar-refractivity contribution in [1.82, 2.24) is 25.5 Å². The highest BCUT2D eigenvalue weighted by Gasteiger charge is 2.47. The molecule has 2 aliphatic rings. The zero-order valence-corrected chi connectivity index (χ0v) is 19.7. The van der Waals surface area contributed by atoms with E-state index in [0.29, 0.717) is 18.1 Å². The highest BCUT2D eigenvalue weighted by molar-refractivity contribution is 6.00. The minimum atomic E-state index is -0.111. The van der Waals surface area contributed by atoms with E-state index in [2.05, 4.69) is 61.9 Å². The number of fused-ring (bicyclic) bond motifs is 1. The Kier molecular flexibility index (Phi) is 5.32. The largest absolute Gasteiger partial charge is 0.496 e. The minimum Gasteiger partial charge on any atom is -0.496 e. The van der Waals surface area contributed by atoms with Gasteiger partial charge in [0.15, 0.2) is 0 Å². The van der Waals surface area contributed by atoms with Gasteiger partial charge in [-0.3, -0.25) is 4.79 Å². The number of hydrogen-bond acceptors (Lipinski definition) is 5. The van der Waals surface area contributed by atoms with Crippen molar-refractivity contribution in [3.05, 3.63) is 83.4 Å². The smallest absolute Gasteiger partial charge is 0.258 e. The Morgan fingerprint density at radius 3 is 2.46 bits per heavy atom. The van der Waals surface area contributed by atoms with Crippen LogP contribution < -0.4 is 4.74 Å². The molecule has 1 amide bonds. The number of H-pyrrole nitrogens is 1. The van der Waals surface area contributed by atoms with Crippen molar-refractivity contribution >= 4 is 5.91 Å². The van der Waals surface area contributed by atoms with Crippen LogP contribution in [0, 0.1) is 0 Å². The van der Waals surface area contributed by atoms with Crippen LogP contribution in [0.25, 0.3) is 22.5 Å². The van der Waals surface area contributed by atoms with Gasteiger partial charge >= 0.3 is 0 Å². The lowest BCUT2D eigenvalue weighted by molar-refractivity contribution is 0.0395. The third-order valence-corrected chi connectivity index (χ3v) is 7.54. The average molecular weight is 466 g/mol. The van der Waals surface area contributed by atoms with E-state index in [0.717, 1.165) is 65.5 Å². The highest BCUT2D eigenvalue weighted by Crippen LogP contribution is 2.45. The van der Waals surface area contributed by atoms with Crippen LogP contribution in [0.3, 0.4) is 0 Å². The molecule has 1 aliphatic carbocycles. The SMILES string of the molecule is COc1cccc2c1C(=O)N(Cc1ccc(-c3ccccc3-c3nn[nH]n3)cc1)C1(CCCC1)C2. The standard InChI is InChI=1S/C28H27N5O2/c1-35-24-10-6-7-21-17-28(15-4-5-16-28)33(27(34)25(21)24)18-19-11-13-20(14-12-19)22-8-2-3-9-23(22)26-29-31-32-30-26/h2-3,6-14H,4-5,15-18H2,1H3,(H,29,30,31,32). The van der Waals surface area contributed by atoms with E-state index in [-0.39, 0.29) is 11.4 Å². The van der Waals surface area contributed by atoms with Crippen molar-refractivity contribution in [1.29, 1.82) is 0 Å². The molecule has 7 heteroatoms. The zero-order valence-electron chi connectivity index (χ0n) is 19.7. The van der Waals surface area contributed by atoms with Crippen molar-refractivity contribution in [2.45, 2.75) is 44.2 Å². The van der Waals surface area contributed by atoms with E-state index in [1.807, 2.05) is 30.3 Å². The lowest BCUT2D eigenvalue weighted by atomic mass is 9.80. The number of rotatable bonds is 5. The molecule has 6 rings (SSSR count). The number of nitrogens with zero attached hydrogens (tertiary/aromatic N) is 4. The lowest BCUT2D eigenvalue weighted by Gasteiger charge is -2.46. The summed E-state index contributed by atoms with van der Waals surface area (Å²) in [6.45, 7) is 0.586. The topological polar surface area (TPSA) is 84.0 Å². The summed E-state index contributed by atoms with van der Waals surface area (Å²) in [5.74, 6) is 1.32. The Morgan fingerprint density at radius 1 is 0.971 bits per heavy atom. The van der Waals surface area contributed by atoms with Crippen molar-refractivity contribution < 1.29 is 9.53 Å². The predicted octanol–water partition coefficient (Wildman–Crippen LogP) is 5.05. The maximum Gasteiger partial charge on any atom is 0.258 e. The van der Waals surface area contributed by atoms with Crippen LogP contribution in [-0.2, 0) is 13.0 Å². The van der Waals surface area contributed by atoms with Gasteiger partial charge in [0.1, 0.15) is 5.75 Å². The molecule has 4 aromatic rings. The number of benzene rings is 3. The summed E-state index contributed by atoms with van der Waals surface area (Å²) in [4.78, 5) is 16.0. The molecule has 1 spiro atoms. The molecule has 0 saturated heterocycles. The number of aromatic nitrogens is 4. The molecule has 0 atom stereocenters. The molecule has 176 valence electrons. The number of methoxy groups -OCH3 is 1. The number of tetrazole rings is 1. The van der Waals surface area contributed by atoms with Gasteiger partial charge in [-0.2, -0.15) is 5.21 Å². The molecule has 1 N–H and O–H groups in total. The molecule has 0 unspecified atom stereocenters. The summed E-state index contributed by atoms with van der Waals surface area (Å²) in [5.41, 5.74) is 5.87. The fraction of sp³-hybridized carbons (Fsp3) is 0.286. The third-order valence-electron chi connectivity index (χ3n) is 7.54. The van der Waals surface area contributed by atoms with Crippen LogP contribution in [0.1, 0.15) is 47.2 Å². The number of hydrogen-bond donors (Lipinski definition) is 1. The first-order valence-corrected chi connectivity index (χ1v) is 12.1. The average Bonchev–Trinajstić information content (AvgIpc) is 3.60. The molecule has 3 aromatic carbocycles. The number of nitrogens with one attached hydrogen (secondary N) is 1. The summed E-state index contributed by atoms with van der Waals surface area (Å²) < 4.78 is 5.57. The number of aromatic amines is 1. The van der Waals surface area contributed by atoms with E-state index in [1.165, 1.54) is 0 Å². The van der Waals surface area contributed by atoms with Crippen LogP contribution in [0.4, 0.5) is 0 Å². The molecule has 7 nitrogen and oxygen atoms in total. The maximum absolute atomic E-state index is 13.8. The first-order valence-electron chi connectivity index (χ1n) is 12.1. The van der Waals surface area contributed by atoms with Crippen molar-refractivity contribution in [2.24, 2.45) is 0 Å². The van der Waals surface area contributed by atoms with E-state index in [9.17, 15) is 4.79 Å². The van der Waals surface area contributed by atoms with Gasteiger partial charge in [-0.05, 0) is 52.8 Å². The Bertz CT molecular complexity index is 1360. The van der Waals surface area contributed by atoms with Crippen LogP contribution in [0.5, 0.6) is 5.75 Å². The van der Waals surface area contributed by atoms with Crippen LogP contribution in [0.2, 0.25) is 0 Å². The van der Waals surface area contributed by atoms with Crippen molar-refractivity contribution in [3.63, 3.8) is 0 Å². The molecule has 1 saturated carbocycles. The Balaban J connectivity index is 1.33. The Labute approximate surface area is 204 Å². The van der Waals surface area contributed by atoms with E-state index < -0.39 is 0 Å². The monoisotopic (exact) mass is 465 g/mol. The quantitative estimate of drug-likeness (QED) is 0.446. The lowest BCUT2D eigenvalue weighted by Crippen LogP contribution is -2.54. The second-order valence-corrected chi connectivity index (χ2v) is 9.47. The second kappa shape index (κ2) is 8.65. The summed E-state index contributed by atoms with van der Waals surface area (Å²) in [7, 11) is 1.64. The predicted molar refractivity (Wildman–Crippen MR) is 133 cm³/mol. The molecule has 1 fully saturated rings. The van der Waals surface area contributed by atoms with E-state index in [1.54, 1.807) is 7.11 Å². The number of carbonyl (C=O) groups excluding carboxylic acids is 1. The summed E-state index contributed by atoms with van der Waals surface area (Å²) >= 11 is 0. The molecular weight excluding hydrogens is 438 g/mol. The Morgan fingerprint density at radius 2 is 1.74 bits per heavy atom. The molecule has 1 aliphatic heterocycles. The fourth-order valence-corrected chi connectivity index (χ4v) is 5.83. The first kappa shape index (κ1) is 21.5. The maximum atomic E-state index is 13.8. The minimum absolute atomic E-state index is 0.0807. The molecule has 2 heterocycles. The number of amides is 1. The fourth-order valence-electron chi connectivity index (χ4n) is 5.83. The van der Waals surface area contributed by atoms with Gasteiger partial charge in [0, 0.05) is 17.6 Å². The molecule has 0 bridgehead atoms. The second-order valence-electron chi connectivity index (χ2n) is 9.47. The van der Waals surface area contributed by atoms with Gasteiger partial charge in [0.05, 0.1) is 12.7 Å². The highest BCUT2D eigenvalue weighted by atomic mass is 16.5. The van der Waals surface area contributed by atoms with Gasteiger partial charge in [-0.1, -0.05) is 73.5 Å². The molecule has 1 aromatic heterocycles. The Hall–Kier alpha value is -4.00. The van der Waals surface area contributed by atoms with Gasteiger partial charge in [-0.15, -0.1) is 10.2 Å². The molecular formula is C28H27N5O2. The summed E-state index contributed by atoms with van der Waals surface area (Å²) in [6, 6.07) is 22.5. The number of ether oxygens (including phenoxy) is 1. The third kappa shape index (κ3) is 3.67. The summed E-state index contributed by atoms with van der Waals surface area (Å²) in [5, 5.41) is 14.5. The first-order chi connectivity index (χ1) is 17.2. The normalized spacial score (nSPS) is 16.5. The van der Waals surface area contributed by atoms with E-state index >= 15 is 0 Å². The van der Waals surface area contributed by atoms with Gasteiger partial charge in [0.25, 0.3) is 5.91 Å². The molecule has 0 radical (unpaired) electrons. The van der Waals surface area contributed by atoms with Gasteiger partial charge < -0.3 is 9.64 Å².